The fourth-order valence-corrected chi connectivity index (χ4v) is 4.21. The Morgan fingerprint density at radius 3 is 2.76 bits per heavy atom. The quantitative estimate of drug-likeness (QED) is 0.676. The number of carbonyl (C=O) groups is 2. The number of ether oxygens (including phenoxy) is 1. The average molecular weight is 430 g/mol. The number of anilines is 1. The van der Waals surface area contributed by atoms with Gasteiger partial charge in [-0.3, -0.25) is 9.48 Å². The first kappa shape index (κ1) is 21.3. The van der Waals surface area contributed by atoms with Crippen LogP contribution >= 0.6 is 11.3 Å². The van der Waals surface area contributed by atoms with Gasteiger partial charge in [0, 0.05) is 24.2 Å². The first-order valence-corrected chi connectivity index (χ1v) is 10.1. The van der Waals surface area contributed by atoms with Crippen LogP contribution in [0.25, 0.3) is 0 Å². The van der Waals surface area contributed by atoms with E-state index in [2.05, 4.69) is 15.4 Å². The van der Waals surface area contributed by atoms with E-state index >= 15 is 0 Å². The molecule has 29 heavy (non-hydrogen) atoms. The first-order chi connectivity index (χ1) is 13.7. The zero-order chi connectivity index (χ0) is 21.2. The number of hydrogen-bond acceptors (Lipinski definition) is 6. The summed E-state index contributed by atoms with van der Waals surface area (Å²) in [5.74, 6) is -0.815. The van der Waals surface area contributed by atoms with Gasteiger partial charge in [-0.2, -0.15) is 18.3 Å². The highest BCUT2D eigenvalue weighted by molar-refractivity contribution is 7.17. The van der Waals surface area contributed by atoms with Crippen LogP contribution in [-0.2, 0) is 35.1 Å². The summed E-state index contributed by atoms with van der Waals surface area (Å²) in [6.07, 6.45) is -2.38. The molecule has 0 fully saturated rings. The lowest BCUT2D eigenvalue weighted by Gasteiger charge is -2.06. The maximum atomic E-state index is 13.1. The molecule has 7 nitrogen and oxygen atoms in total. The molecule has 158 valence electrons. The second-order valence-corrected chi connectivity index (χ2v) is 7.65. The molecule has 0 aliphatic heterocycles. The Morgan fingerprint density at radius 2 is 2.07 bits per heavy atom. The summed E-state index contributed by atoms with van der Waals surface area (Å²) in [4.78, 5) is 28.4. The minimum Gasteiger partial charge on any atom is -0.462 e. The highest BCUT2D eigenvalue weighted by Gasteiger charge is 2.40. The first-order valence-electron chi connectivity index (χ1n) is 9.30. The second-order valence-electron chi connectivity index (χ2n) is 6.65. The number of hydrogen-bond donors (Lipinski definition) is 1. The normalized spacial score (nSPS) is 13.4. The molecule has 3 rings (SSSR count). The highest BCUT2D eigenvalue weighted by atomic mass is 32.1. The summed E-state index contributed by atoms with van der Waals surface area (Å²) >= 11 is 1.03. The van der Waals surface area contributed by atoms with E-state index in [4.69, 9.17) is 4.74 Å². The van der Waals surface area contributed by atoms with Crippen LogP contribution in [0.2, 0.25) is 0 Å². The molecule has 0 saturated heterocycles. The number of esters is 1. The number of carbonyl (C=O) groups excluding carboxylic acids is 2. The van der Waals surface area contributed by atoms with E-state index < -0.39 is 17.8 Å². The number of halogens is 3. The lowest BCUT2D eigenvalue weighted by Crippen LogP contribution is -2.14. The summed E-state index contributed by atoms with van der Waals surface area (Å²) in [6, 6.07) is 0. The summed E-state index contributed by atoms with van der Waals surface area (Å²) in [6.45, 7) is 3.82. The van der Waals surface area contributed by atoms with Crippen LogP contribution in [0.3, 0.4) is 0 Å². The smallest absolute Gasteiger partial charge is 0.435 e. The van der Waals surface area contributed by atoms with Crippen molar-refractivity contribution >= 4 is 28.3 Å². The van der Waals surface area contributed by atoms with Gasteiger partial charge in [-0.15, -0.1) is 0 Å². The molecular weight excluding hydrogens is 409 g/mol. The van der Waals surface area contributed by atoms with Gasteiger partial charge in [0.2, 0.25) is 5.91 Å². The van der Waals surface area contributed by atoms with Crippen molar-refractivity contribution in [3.05, 3.63) is 27.5 Å². The molecule has 0 radical (unpaired) electrons. The number of aryl methyl sites for hydroxylation is 2. The number of fused-ring (bicyclic) bond motifs is 1. The third kappa shape index (κ3) is 4.77. The Labute approximate surface area is 169 Å². The third-order valence-electron chi connectivity index (χ3n) is 4.55. The van der Waals surface area contributed by atoms with Gasteiger partial charge in [-0.05, 0) is 39.5 Å². The van der Waals surface area contributed by atoms with Crippen LogP contribution in [0.5, 0.6) is 0 Å². The second kappa shape index (κ2) is 8.52. The zero-order valence-corrected chi connectivity index (χ0v) is 16.9. The van der Waals surface area contributed by atoms with Crippen LogP contribution < -0.4 is 5.32 Å². The van der Waals surface area contributed by atoms with Gasteiger partial charge in [0.25, 0.3) is 0 Å². The maximum absolute atomic E-state index is 13.1. The van der Waals surface area contributed by atoms with Gasteiger partial charge in [0.05, 0.1) is 12.3 Å². The molecule has 0 saturated carbocycles. The van der Waals surface area contributed by atoms with Crippen molar-refractivity contribution < 1.29 is 27.5 Å². The predicted molar refractivity (Wildman–Crippen MR) is 99.9 cm³/mol. The number of thiazole rings is 1. The van der Waals surface area contributed by atoms with E-state index in [0.717, 1.165) is 11.3 Å². The number of nitrogens with one attached hydrogen (secondary N) is 1. The Balaban J connectivity index is 1.56. The molecule has 0 bridgehead atoms. The maximum Gasteiger partial charge on any atom is 0.435 e. The topological polar surface area (TPSA) is 86.1 Å². The van der Waals surface area contributed by atoms with Crippen molar-refractivity contribution in [2.75, 3.05) is 11.9 Å². The van der Waals surface area contributed by atoms with Gasteiger partial charge in [-0.1, -0.05) is 11.3 Å². The van der Waals surface area contributed by atoms with Crippen LogP contribution in [-0.4, -0.2) is 33.2 Å². The molecule has 0 spiro atoms. The van der Waals surface area contributed by atoms with Crippen molar-refractivity contribution in [3.63, 3.8) is 0 Å². The molecule has 0 unspecified atom stereocenters. The molecule has 2 aromatic heterocycles. The summed E-state index contributed by atoms with van der Waals surface area (Å²) in [5, 5.41) is 6.64. The van der Waals surface area contributed by atoms with Crippen LogP contribution in [0.1, 0.15) is 58.5 Å². The zero-order valence-electron chi connectivity index (χ0n) is 16.1. The molecule has 1 N–H and O–H groups in total. The van der Waals surface area contributed by atoms with E-state index in [9.17, 15) is 22.8 Å². The monoisotopic (exact) mass is 430 g/mol. The lowest BCUT2D eigenvalue weighted by molar-refractivity contribution is -0.142. The van der Waals surface area contributed by atoms with Crippen molar-refractivity contribution in [3.8, 4) is 0 Å². The number of aromatic nitrogens is 3. The molecule has 2 aromatic rings. The molecular formula is C18H21F3N4O3S. The van der Waals surface area contributed by atoms with E-state index in [1.54, 1.807) is 13.8 Å². The van der Waals surface area contributed by atoms with Gasteiger partial charge in [0.1, 0.15) is 4.88 Å². The van der Waals surface area contributed by atoms with Crippen molar-refractivity contribution in [2.24, 2.45) is 0 Å². The third-order valence-corrected chi connectivity index (χ3v) is 5.61. The summed E-state index contributed by atoms with van der Waals surface area (Å²) in [7, 11) is 0. The fraction of sp³-hybridized carbons (Fsp3) is 0.556. The standard InChI is InChI=1S/C18H21F3N4O3S/c1-3-28-16(27)14-10(2)22-17(29-14)23-13(26)8-5-9-25-12-7-4-6-11(12)15(24-25)18(19,20)21/h3-9H2,1-2H3,(H,22,23,26). The van der Waals surface area contributed by atoms with Gasteiger partial charge in [0.15, 0.2) is 10.8 Å². The molecule has 0 atom stereocenters. The van der Waals surface area contributed by atoms with E-state index in [0.29, 0.717) is 41.9 Å². The van der Waals surface area contributed by atoms with Gasteiger partial charge < -0.3 is 10.1 Å². The molecule has 1 aliphatic carbocycles. The van der Waals surface area contributed by atoms with E-state index in [1.807, 2.05) is 0 Å². The van der Waals surface area contributed by atoms with Gasteiger partial charge >= 0.3 is 12.1 Å². The van der Waals surface area contributed by atoms with Crippen LogP contribution in [0.15, 0.2) is 0 Å². The summed E-state index contributed by atoms with van der Waals surface area (Å²) < 4.78 is 45.6. The molecule has 2 heterocycles. The average Bonchev–Trinajstić information content (AvgIpc) is 3.30. The van der Waals surface area contributed by atoms with Crippen LogP contribution in [0.4, 0.5) is 18.3 Å². The van der Waals surface area contributed by atoms with Crippen LogP contribution in [0, 0.1) is 6.92 Å². The molecule has 11 heteroatoms. The van der Waals surface area contributed by atoms with E-state index in [1.165, 1.54) is 4.68 Å². The molecule has 0 aromatic carbocycles. The highest BCUT2D eigenvalue weighted by Crippen LogP contribution is 2.36. The Morgan fingerprint density at radius 1 is 1.31 bits per heavy atom. The number of nitrogens with zero attached hydrogens (tertiary/aromatic N) is 3. The summed E-state index contributed by atoms with van der Waals surface area (Å²) in [5.41, 5.74) is 0.564. The lowest BCUT2D eigenvalue weighted by atomic mass is 10.2. The Bertz CT molecular complexity index is 920. The SMILES string of the molecule is CCOC(=O)c1sc(NC(=O)CCCn2nc(C(F)(F)F)c3c2CCC3)nc1C. The largest absolute Gasteiger partial charge is 0.462 e. The van der Waals surface area contributed by atoms with E-state index in [-0.39, 0.29) is 36.2 Å². The minimum absolute atomic E-state index is 0.101. The minimum atomic E-state index is -4.46. The number of alkyl halides is 3. The molecule has 1 amide bonds. The predicted octanol–water partition coefficient (Wildman–Crippen LogP) is 3.75. The van der Waals surface area contributed by atoms with Crippen molar-refractivity contribution in [2.45, 2.75) is 58.7 Å². The number of rotatable bonds is 7. The van der Waals surface area contributed by atoms with Crippen molar-refractivity contribution in [1.82, 2.24) is 14.8 Å². The van der Waals surface area contributed by atoms with Gasteiger partial charge in [-0.25, -0.2) is 9.78 Å². The number of amides is 1. The Hall–Kier alpha value is -2.43. The fourth-order valence-electron chi connectivity index (χ4n) is 3.33. The van der Waals surface area contributed by atoms with Crippen molar-refractivity contribution in [1.29, 1.82) is 0 Å². The molecule has 1 aliphatic rings. The Kier molecular flexibility index (Phi) is 6.25.